The van der Waals surface area contributed by atoms with E-state index in [0.717, 1.165) is 11.7 Å². The highest BCUT2D eigenvalue weighted by Gasteiger charge is 2.20. The molecule has 1 atom stereocenters. The molecule has 0 radical (unpaired) electrons. The van der Waals surface area contributed by atoms with Crippen molar-refractivity contribution in [2.45, 2.75) is 25.8 Å². The van der Waals surface area contributed by atoms with Crippen LogP contribution in [0, 0.1) is 5.92 Å². The van der Waals surface area contributed by atoms with Crippen LogP contribution in [0.15, 0.2) is 24.3 Å². The first kappa shape index (κ1) is 14.4. The highest BCUT2D eigenvalue weighted by atomic mass is 16.5. The number of rotatable bonds is 5. The van der Waals surface area contributed by atoms with Crippen molar-refractivity contribution in [1.82, 2.24) is 10.2 Å². The third kappa shape index (κ3) is 3.71. The molecule has 3 nitrogen and oxygen atoms in total. The number of ether oxygens (including phenoxy) is 1. The van der Waals surface area contributed by atoms with Crippen LogP contribution in [0.1, 0.15) is 31.4 Å². The minimum Gasteiger partial charge on any atom is -0.496 e. The molecule has 1 aliphatic rings. The SMILES string of the molecule is COc1ccccc1C(C)N(C)CC1CCNCC1. The van der Waals surface area contributed by atoms with Crippen LogP contribution in [0.4, 0.5) is 0 Å². The molecular weight excluding hydrogens is 236 g/mol. The number of nitrogens with one attached hydrogen (secondary N) is 1. The summed E-state index contributed by atoms with van der Waals surface area (Å²) in [6, 6.07) is 8.73. The van der Waals surface area contributed by atoms with E-state index in [0.29, 0.717) is 6.04 Å². The van der Waals surface area contributed by atoms with Crippen molar-refractivity contribution in [3.63, 3.8) is 0 Å². The van der Waals surface area contributed by atoms with E-state index in [1.807, 2.05) is 12.1 Å². The maximum atomic E-state index is 5.47. The molecule has 0 amide bonds. The molecule has 0 bridgehead atoms. The van der Waals surface area contributed by atoms with E-state index in [1.54, 1.807) is 7.11 Å². The van der Waals surface area contributed by atoms with Gasteiger partial charge in [-0.25, -0.2) is 0 Å². The van der Waals surface area contributed by atoms with Crippen LogP contribution in [-0.2, 0) is 0 Å². The standard InChI is InChI=1S/C16H26N2O/c1-13(15-6-4-5-7-16(15)19-3)18(2)12-14-8-10-17-11-9-14/h4-7,13-14,17H,8-12H2,1-3H3. The van der Waals surface area contributed by atoms with Gasteiger partial charge in [-0.3, -0.25) is 4.90 Å². The molecule has 1 unspecified atom stereocenters. The molecule has 1 aromatic carbocycles. The molecule has 0 spiro atoms. The van der Waals surface area contributed by atoms with Gasteiger partial charge in [0.2, 0.25) is 0 Å². The number of para-hydroxylation sites is 1. The maximum Gasteiger partial charge on any atom is 0.123 e. The Bertz CT molecular complexity index is 388. The van der Waals surface area contributed by atoms with Gasteiger partial charge in [0, 0.05) is 18.2 Å². The first-order valence-electron chi connectivity index (χ1n) is 7.26. The van der Waals surface area contributed by atoms with Crippen molar-refractivity contribution in [1.29, 1.82) is 0 Å². The zero-order chi connectivity index (χ0) is 13.7. The molecule has 1 N–H and O–H groups in total. The summed E-state index contributed by atoms with van der Waals surface area (Å²) in [4.78, 5) is 2.45. The molecular formula is C16H26N2O. The van der Waals surface area contributed by atoms with Gasteiger partial charge >= 0.3 is 0 Å². The van der Waals surface area contributed by atoms with Crippen molar-refractivity contribution in [3.8, 4) is 5.75 Å². The number of hydrogen-bond donors (Lipinski definition) is 1. The van der Waals surface area contributed by atoms with Crippen LogP contribution in [0.2, 0.25) is 0 Å². The highest BCUT2D eigenvalue weighted by Crippen LogP contribution is 2.29. The Labute approximate surface area is 116 Å². The molecule has 1 saturated heterocycles. The molecule has 2 rings (SSSR count). The van der Waals surface area contributed by atoms with E-state index in [2.05, 4.69) is 36.3 Å². The maximum absolute atomic E-state index is 5.47. The van der Waals surface area contributed by atoms with Crippen molar-refractivity contribution in [2.24, 2.45) is 5.92 Å². The van der Waals surface area contributed by atoms with Gasteiger partial charge < -0.3 is 10.1 Å². The van der Waals surface area contributed by atoms with Gasteiger partial charge in [0.1, 0.15) is 5.75 Å². The van der Waals surface area contributed by atoms with Gasteiger partial charge in [-0.05, 0) is 51.9 Å². The summed E-state index contributed by atoms with van der Waals surface area (Å²) in [5.41, 5.74) is 1.28. The van der Waals surface area contributed by atoms with E-state index in [-0.39, 0.29) is 0 Å². The predicted molar refractivity (Wildman–Crippen MR) is 79.6 cm³/mol. The average molecular weight is 262 g/mol. The minimum atomic E-state index is 0.394. The van der Waals surface area contributed by atoms with Crippen molar-refractivity contribution in [3.05, 3.63) is 29.8 Å². The zero-order valence-corrected chi connectivity index (χ0v) is 12.4. The Hall–Kier alpha value is -1.06. The Balaban J connectivity index is 1.99. The summed E-state index contributed by atoms with van der Waals surface area (Å²) in [6.07, 6.45) is 2.59. The van der Waals surface area contributed by atoms with E-state index in [1.165, 1.54) is 38.0 Å². The lowest BCUT2D eigenvalue weighted by Gasteiger charge is -2.32. The second kappa shape index (κ2) is 6.92. The quantitative estimate of drug-likeness (QED) is 0.883. The molecule has 19 heavy (non-hydrogen) atoms. The first-order chi connectivity index (χ1) is 9.22. The first-order valence-corrected chi connectivity index (χ1v) is 7.26. The van der Waals surface area contributed by atoms with Crippen molar-refractivity contribution >= 4 is 0 Å². The third-order valence-electron chi connectivity index (χ3n) is 4.26. The summed E-state index contributed by atoms with van der Waals surface area (Å²) >= 11 is 0. The fourth-order valence-electron chi connectivity index (χ4n) is 2.88. The van der Waals surface area contributed by atoms with E-state index in [9.17, 15) is 0 Å². The summed E-state index contributed by atoms with van der Waals surface area (Å²) in [6.45, 7) is 5.77. The summed E-state index contributed by atoms with van der Waals surface area (Å²) in [5, 5.41) is 3.43. The molecule has 3 heteroatoms. The average Bonchev–Trinajstić information content (AvgIpc) is 2.47. The lowest BCUT2D eigenvalue weighted by atomic mass is 9.96. The number of benzene rings is 1. The number of hydrogen-bond acceptors (Lipinski definition) is 3. The van der Waals surface area contributed by atoms with Gasteiger partial charge in [-0.2, -0.15) is 0 Å². The zero-order valence-electron chi connectivity index (χ0n) is 12.4. The fourth-order valence-corrected chi connectivity index (χ4v) is 2.88. The Morgan fingerprint density at radius 3 is 2.68 bits per heavy atom. The van der Waals surface area contributed by atoms with Crippen LogP contribution in [-0.4, -0.2) is 38.7 Å². The van der Waals surface area contributed by atoms with E-state index < -0.39 is 0 Å². The van der Waals surface area contributed by atoms with E-state index >= 15 is 0 Å². The molecule has 106 valence electrons. The topological polar surface area (TPSA) is 24.5 Å². The molecule has 1 fully saturated rings. The molecule has 1 heterocycles. The smallest absolute Gasteiger partial charge is 0.123 e. The number of piperidine rings is 1. The van der Waals surface area contributed by atoms with Crippen LogP contribution >= 0.6 is 0 Å². The highest BCUT2D eigenvalue weighted by molar-refractivity contribution is 5.35. The third-order valence-corrected chi connectivity index (χ3v) is 4.26. The summed E-state index contributed by atoms with van der Waals surface area (Å²) < 4.78 is 5.47. The second-order valence-corrected chi connectivity index (χ2v) is 5.55. The monoisotopic (exact) mass is 262 g/mol. The number of nitrogens with zero attached hydrogens (tertiary/aromatic N) is 1. The van der Waals surface area contributed by atoms with Crippen LogP contribution in [0.3, 0.4) is 0 Å². The van der Waals surface area contributed by atoms with Crippen LogP contribution < -0.4 is 10.1 Å². The van der Waals surface area contributed by atoms with E-state index in [4.69, 9.17) is 4.74 Å². The molecule has 1 aromatic rings. The van der Waals surface area contributed by atoms with Crippen LogP contribution in [0.25, 0.3) is 0 Å². The Morgan fingerprint density at radius 1 is 1.32 bits per heavy atom. The normalized spacial score (nSPS) is 18.5. The second-order valence-electron chi connectivity index (χ2n) is 5.55. The Morgan fingerprint density at radius 2 is 2.00 bits per heavy atom. The molecule has 0 saturated carbocycles. The van der Waals surface area contributed by atoms with Gasteiger partial charge in [0.15, 0.2) is 0 Å². The fraction of sp³-hybridized carbons (Fsp3) is 0.625. The molecule has 0 aromatic heterocycles. The lowest BCUT2D eigenvalue weighted by molar-refractivity contribution is 0.194. The molecule has 1 aliphatic heterocycles. The van der Waals surface area contributed by atoms with Gasteiger partial charge in [-0.1, -0.05) is 18.2 Å². The van der Waals surface area contributed by atoms with Crippen LogP contribution in [0.5, 0.6) is 5.75 Å². The summed E-state index contributed by atoms with van der Waals surface area (Å²) in [5.74, 6) is 1.82. The largest absolute Gasteiger partial charge is 0.496 e. The Kier molecular flexibility index (Phi) is 5.23. The van der Waals surface area contributed by atoms with Gasteiger partial charge in [0.25, 0.3) is 0 Å². The number of methoxy groups -OCH3 is 1. The van der Waals surface area contributed by atoms with Gasteiger partial charge in [0.05, 0.1) is 7.11 Å². The molecule has 0 aliphatic carbocycles. The summed E-state index contributed by atoms with van der Waals surface area (Å²) in [7, 11) is 3.97. The van der Waals surface area contributed by atoms with Gasteiger partial charge in [-0.15, -0.1) is 0 Å². The minimum absolute atomic E-state index is 0.394. The predicted octanol–water partition coefficient (Wildman–Crippen LogP) is 2.69. The van der Waals surface area contributed by atoms with Crippen molar-refractivity contribution < 1.29 is 4.74 Å². The van der Waals surface area contributed by atoms with Crippen molar-refractivity contribution in [2.75, 3.05) is 33.8 Å². The lowest BCUT2D eigenvalue weighted by Crippen LogP contribution is -2.35.